The zero-order valence-electron chi connectivity index (χ0n) is 8.81. The lowest BCUT2D eigenvalue weighted by Gasteiger charge is -2.08. The van der Waals surface area contributed by atoms with E-state index in [1.807, 2.05) is 0 Å². The van der Waals surface area contributed by atoms with Crippen LogP contribution in [-0.4, -0.2) is 25.6 Å². The smallest absolute Gasteiger partial charge is 0.244 e. The normalized spacial score (nSPS) is 11.9. The van der Waals surface area contributed by atoms with E-state index in [0.717, 1.165) is 0 Å². The van der Waals surface area contributed by atoms with Crippen molar-refractivity contribution in [2.24, 2.45) is 0 Å². The number of nitrogens with one attached hydrogen (secondary N) is 1. The molecule has 0 saturated heterocycles. The van der Waals surface area contributed by atoms with Gasteiger partial charge in [0.25, 0.3) is 0 Å². The first kappa shape index (κ1) is 12.1. The molecule has 0 aliphatic heterocycles. The molecule has 0 spiro atoms. The van der Waals surface area contributed by atoms with Crippen LogP contribution in [0.5, 0.6) is 5.75 Å². The number of halogens is 1. The average molecular weight is 273 g/mol. The van der Waals surface area contributed by atoms with Crippen LogP contribution in [0.1, 0.15) is 0 Å². The summed E-state index contributed by atoms with van der Waals surface area (Å²) >= 11 is 5.95. The van der Waals surface area contributed by atoms with Crippen LogP contribution < -0.4 is 4.72 Å². The molecule has 1 heterocycles. The third-order valence-electron chi connectivity index (χ3n) is 2.34. The van der Waals surface area contributed by atoms with Gasteiger partial charge >= 0.3 is 0 Å². The van der Waals surface area contributed by atoms with Gasteiger partial charge in [0.1, 0.15) is 10.4 Å². The minimum absolute atomic E-state index is 0.161. The Kier molecular flexibility index (Phi) is 2.94. The Morgan fingerprint density at radius 1 is 1.47 bits per heavy atom. The van der Waals surface area contributed by atoms with Crippen LogP contribution in [0.3, 0.4) is 0 Å². The van der Waals surface area contributed by atoms with Crippen molar-refractivity contribution in [3.8, 4) is 5.75 Å². The highest BCUT2D eigenvalue weighted by Crippen LogP contribution is 2.35. The minimum atomic E-state index is -3.77. The van der Waals surface area contributed by atoms with E-state index >= 15 is 0 Å². The van der Waals surface area contributed by atoms with Gasteiger partial charge < -0.3 is 5.11 Å². The number of benzene rings is 1. The lowest BCUT2D eigenvalue weighted by Crippen LogP contribution is -2.18. The molecule has 0 saturated carbocycles. The molecule has 0 fully saturated rings. The quantitative estimate of drug-likeness (QED) is 0.868. The number of aromatic hydroxyl groups is 1. The number of fused-ring (bicyclic) bond motifs is 1. The Bertz CT molecular complexity index is 685. The molecule has 0 aliphatic rings. The van der Waals surface area contributed by atoms with E-state index in [4.69, 9.17) is 11.6 Å². The molecule has 0 bridgehead atoms. The first-order valence-electron chi connectivity index (χ1n) is 4.67. The van der Waals surface area contributed by atoms with E-state index in [0.29, 0.717) is 5.39 Å². The van der Waals surface area contributed by atoms with Gasteiger partial charge in [-0.2, -0.15) is 0 Å². The van der Waals surface area contributed by atoms with Crippen LogP contribution in [0.25, 0.3) is 10.9 Å². The summed E-state index contributed by atoms with van der Waals surface area (Å²) in [5.41, 5.74) is 0.161. The largest absolute Gasteiger partial charge is 0.504 e. The Hall–Kier alpha value is -1.37. The lowest BCUT2D eigenvalue weighted by atomic mass is 10.2. The Morgan fingerprint density at radius 3 is 2.82 bits per heavy atom. The Morgan fingerprint density at radius 2 is 2.18 bits per heavy atom. The molecular weight excluding hydrogens is 264 g/mol. The van der Waals surface area contributed by atoms with Crippen LogP contribution in [0.4, 0.5) is 0 Å². The maximum atomic E-state index is 11.7. The van der Waals surface area contributed by atoms with Crippen LogP contribution in [0, 0.1) is 0 Å². The van der Waals surface area contributed by atoms with Gasteiger partial charge in [0.2, 0.25) is 10.0 Å². The molecule has 0 atom stereocenters. The molecule has 0 radical (unpaired) electrons. The zero-order valence-corrected chi connectivity index (χ0v) is 10.4. The maximum absolute atomic E-state index is 11.7. The molecule has 0 aliphatic carbocycles. The second kappa shape index (κ2) is 4.14. The summed E-state index contributed by atoms with van der Waals surface area (Å²) in [5, 5.41) is 10.6. The van der Waals surface area contributed by atoms with E-state index in [2.05, 4.69) is 9.71 Å². The van der Waals surface area contributed by atoms with E-state index in [1.165, 1.54) is 19.3 Å². The lowest BCUT2D eigenvalue weighted by molar-refractivity contribution is 0.463. The van der Waals surface area contributed by atoms with Crippen molar-refractivity contribution in [1.29, 1.82) is 0 Å². The SMILES string of the molecule is CNS(=O)(=O)c1cc(Cl)c2cccnc2c1O. The summed E-state index contributed by atoms with van der Waals surface area (Å²) in [6, 6.07) is 4.51. The molecule has 2 N–H and O–H groups in total. The maximum Gasteiger partial charge on any atom is 0.244 e. The van der Waals surface area contributed by atoms with Crippen molar-refractivity contribution in [3.63, 3.8) is 0 Å². The van der Waals surface area contributed by atoms with Gasteiger partial charge in [-0.15, -0.1) is 0 Å². The highest BCUT2D eigenvalue weighted by atomic mass is 35.5. The number of phenolic OH excluding ortho intramolecular Hbond substituents is 1. The molecule has 0 amide bonds. The van der Waals surface area contributed by atoms with Crippen molar-refractivity contribution >= 4 is 32.5 Å². The number of hydrogen-bond donors (Lipinski definition) is 2. The van der Waals surface area contributed by atoms with Gasteiger partial charge in [0.05, 0.1) is 5.02 Å². The number of phenols is 1. The second-order valence-corrected chi connectivity index (χ2v) is 5.57. The number of pyridine rings is 1. The van der Waals surface area contributed by atoms with Crippen molar-refractivity contribution in [2.75, 3.05) is 7.05 Å². The molecular formula is C10H9ClN2O3S. The predicted molar refractivity (Wildman–Crippen MR) is 64.7 cm³/mol. The minimum Gasteiger partial charge on any atom is -0.504 e. The van der Waals surface area contributed by atoms with Crippen LogP contribution >= 0.6 is 11.6 Å². The van der Waals surface area contributed by atoms with Gasteiger partial charge in [-0.3, -0.25) is 4.98 Å². The van der Waals surface area contributed by atoms with E-state index in [1.54, 1.807) is 12.1 Å². The summed E-state index contributed by atoms with van der Waals surface area (Å²) in [4.78, 5) is 3.64. The molecule has 2 aromatic rings. The van der Waals surface area contributed by atoms with Crippen LogP contribution in [0.15, 0.2) is 29.3 Å². The van der Waals surface area contributed by atoms with Crippen LogP contribution in [-0.2, 0) is 10.0 Å². The third kappa shape index (κ3) is 1.95. The molecule has 7 heteroatoms. The van der Waals surface area contributed by atoms with E-state index in [-0.39, 0.29) is 15.4 Å². The fourth-order valence-electron chi connectivity index (χ4n) is 1.48. The molecule has 0 unspecified atom stereocenters. The Labute approximate surface area is 103 Å². The van der Waals surface area contributed by atoms with Crippen molar-refractivity contribution in [3.05, 3.63) is 29.4 Å². The number of rotatable bonds is 2. The number of nitrogens with zero attached hydrogens (tertiary/aromatic N) is 1. The monoisotopic (exact) mass is 272 g/mol. The standard InChI is InChI=1S/C10H9ClN2O3S/c1-12-17(15,16)8-5-7(11)6-3-2-4-13-9(6)10(8)14/h2-5,12,14H,1H3. The first-order chi connectivity index (χ1) is 7.97. The molecule has 17 heavy (non-hydrogen) atoms. The summed E-state index contributed by atoms with van der Waals surface area (Å²) in [6.45, 7) is 0. The highest BCUT2D eigenvalue weighted by Gasteiger charge is 2.21. The van der Waals surface area contributed by atoms with Gasteiger partial charge in [0, 0.05) is 11.6 Å². The molecule has 1 aromatic carbocycles. The number of aromatic nitrogens is 1. The van der Waals surface area contributed by atoms with Crippen molar-refractivity contribution in [2.45, 2.75) is 4.90 Å². The van der Waals surface area contributed by atoms with Crippen molar-refractivity contribution < 1.29 is 13.5 Å². The second-order valence-electron chi connectivity index (χ2n) is 3.31. The van der Waals surface area contributed by atoms with E-state index in [9.17, 15) is 13.5 Å². The predicted octanol–water partition coefficient (Wildman–Crippen LogP) is 1.50. The highest BCUT2D eigenvalue weighted by molar-refractivity contribution is 7.89. The molecule has 5 nitrogen and oxygen atoms in total. The topological polar surface area (TPSA) is 79.3 Å². The molecule has 1 aromatic heterocycles. The van der Waals surface area contributed by atoms with E-state index < -0.39 is 15.8 Å². The molecule has 2 rings (SSSR count). The number of sulfonamides is 1. The van der Waals surface area contributed by atoms with Crippen LogP contribution in [0.2, 0.25) is 5.02 Å². The zero-order chi connectivity index (χ0) is 12.6. The third-order valence-corrected chi connectivity index (χ3v) is 4.08. The average Bonchev–Trinajstić information content (AvgIpc) is 2.33. The van der Waals surface area contributed by atoms with Gasteiger partial charge in [-0.1, -0.05) is 11.6 Å². The first-order valence-corrected chi connectivity index (χ1v) is 6.53. The van der Waals surface area contributed by atoms with Gasteiger partial charge in [0.15, 0.2) is 5.75 Å². The van der Waals surface area contributed by atoms with Gasteiger partial charge in [-0.25, -0.2) is 13.1 Å². The summed E-state index contributed by atoms with van der Waals surface area (Å²) in [5.74, 6) is -0.403. The Balaban J connectivity index is 2.90. The summed E-state index contributed by atoms with van der Waals surface area (Å²) in [6.07, 6.45) is 1.45. The fourth-order valence-corrected chi connectivity index (χ4v) is 2.65. The number of hydrogen-bond acceptors (Lipinski definition) is 4. The summed E-state index contributed by atoms with van der Waals surface area (Å²) < 4.78 is 25.4. The summed E-state index contributed by atoms with van der Waals surface area (Å²) in [7, 11) is -2.51. The molecule has 90 valence electrons. The van der Waals surface area contributed by atoms with Crippen molar-refractivity contribution in [1.82, 2.24) is 9.71 Å². The van der Waals surface area contributed by atoms with Gasteiger partial charge in [-0.05, 0) is 25.2 Å². The fraction of sp³-hybridized carbons (Fsp3) is 0.100.